The first-order valence-electron chi connectivity index (χ1n) is 6.42. The molecule has 1 N–H and O–H groups in total. The highest BCUT2D eigenvalue weighted by molar-refractivity contribution is 5.79. The second-order valence-electron chi connectivity index (χ2n) is 4.16. The lowest BCUT2D eigenvalue weighted by molar-refractivity contribution is -0.129. The lowest BCUT2D eigenvalue weighted by Gasteiger charge is -2.12. The molecule has 1 heterocycles. The topological polar surface area (TPSA) is 81.4 Å². The van der Waals surface area contributed by atoms with Crippen molar-refractivity contribution in [1.82, 2.24) is 4.90 Å². The monoisotopic (exact) mass is 294 g/mol. The van der Waals surface area contributed by atoms with E-state index in [9.17, 15) is 14.0 Å². The summed E-state index contributed by atoms with van der Waals surface area (Å²) in [5.74, 6) is -0.364. The SMILES string of the molecule is CO.Fc1ccccc1.N#CCC(=O)N1CCC(C=O)C1. The van der Waals surface area contributed by atoms with E-state index < -0.39 is 0 Å². The van der Waals surface area contributed by atoms with Gasteiger partial charge in [0.2, 0.25) is 5.91 Å². The molecule has 5 nitrogen and oxygen atoms in total. The van der Waals surface area contributed by atoms with Crippen LogP contribution in [0.25, 0.3) is 0 Å². The molecule has 1 aromatic rings. The first-order chi connectivity index (χ1) is 10.2. The van der Waals surface area contributed by atoms with Crippen molar-refractivity contribution in [3.05, 3.63) is 36.1 Å². The van der Waals surface area contributed by atoms with Crippen LogP contribution in [0, 0.1) is 23.1 Å². The van der Waals surface area contributed by atoms with E-state index in [1.807, 2.05) is 0 Å². The number of nitriles is 1. The van der Waals surface area contributed by atoms with Gasteiger partial charge in [0.05, 0.1) is 6.07 Å². The molecular weight excluding hydrogens is 275 g/mol. The van der Waals surface area contributed by atoms with Crippen LogP contribution in [0.2, 0.25) is 0 Å². The molecule has 0 aromatic heterocycles. The minimum Gasteiger partial charge on any atom is -0.400 e. The van der Waals surface area contributed by atoms with Gasteiger partial charge < -0.3 is 14.8 Å². The molecule has 1 saturated heterocycles. The van der Waals surface area contributed by atoms with Gasteiger partial charge in [-0.15, -0.1) is 0 Å². The molecule has 2 rings (SSSR count). The van der Waals surface area contributed by atoms with Crippen LogP contribution < -0.4 is 0 Å². The maximum absolute atomic E-state index is 11.9. The second-order valence-corrected chi connectivity index (χ2v) is 4.16. The summed E-state index contributed by atoms with van der Waals surface area (Å²) in [7, 11) is 1.00. The third-order valence-electron chi connectivity index (χ3n) is 2.73. The average molecular weight is 294 g/mol. The maximum Gasteiger partial charge on any atom is 0.236 e. The summed E-state index contributed by atoms with van der Waals surface area (Å²) < 4.78 is 11.9. The fraction of sp³-hybridized carbons (Fsp3) is 0.400. The number of benzene rings is 1. The molecule has 1 unspecified atom stereocenters. The van der Waals surface area contributed by atoms with Gasteiger partial charge in [0.25, 0.3) is 0 Å². The quantitative estimate of drug-likeness (QED) is 0.836. The van der Waals surface area contributed by atoms with Crippen molar-refractivity contribution in [2.75, 3.05) is 20.2 Å². The largest absolute Gasteiger partial charge is 0.400 e. The van der Waals surface area contributed by atoms with E-state index in [1.165, 1.54) is 12.1 Å². The predicted octanol–water partition coefficient (Wildman–Crippen LogP) is 1.38. The van der Waals surface area contributed by atoms with Gasteiger partial charge in [0.1, 0.15) is 18.5 Å². The van der Waals surface area contributed by atoms with Crippen molar-refractivity contribution < 1.29 is 19.1 Å². The molecule has 1 atom stereocenters. The summed E-state index contributed by atoms with van der Waals surface area (Å²) in [5, 5.41) is 15.3. The highest BCUT2D eigenvalue weighted by Gasteiger charge is 2.24. The Morgan fingerprint density at radius 3 is 2.48 bits per heavy atom. The normalized spacial score (nSPS) is 15.7. The first kappa shape index (κ1) is 18.7. The number of carbonyl (C=O) groups excluding carboxylic acids is 2. The van der Waals surface area contributed by atoms with Gasteiger partial charge in [-0.25, -0.2) is 4.39 Å². The molecule has 1 aliphatic rings. The molecule has 1 fully saturated rings. The highest BCUT2D eigenvalue weighted by Crippen LogP contribution is 2.14. The van der Waals surface area contributed by atoms with Crippen LogP contribution in [0.4, 0.5) is 4.39 Å². The molecular formula is C15H19FN2O3. The van der Waals surface area contributed by atoms with E-state index in [1.54, 1.807) is 29.2 Å². The number of hydrogen-bond donors (Lipinski definition) is 1. The van der Waals surface area contributed by atoms with Crippen LogP contribution in [0.1, 0.15) is 12.8 Å². The number of aliphatic hydroxyl groups is 1. The van der Waals surface area contributed by atoms with Gasteiger partial charge in [-0.05, 0) is 18.6 Å². The zero-order valence-corrected chi connectivity index (χ0v) is 11.9. The summed E-state index contributed by atoms with van der Waals surface area (Å²) in [6, 6.07) is 9.74. The summed E-state index contributed by atoms with van der Waals surface area (Å²) in [6.07, 6.45) is 1.53. The van der Waals surface area contributed by atoms with Crippen LogP contribution in [0.5, 0.6) is 0 Å². The lowest BCUT2D eigenvalue weighted by atomic mass is 10.1. The zero-order chi connectivity index (χ0) is 16.1. The molecule has 0 bridgehead atoms. The minimum atomic E-state index is -0.178. The standard InChI is InChI=1S/C8H10N2O2.C6H5F.CH4O/c9-3-1-8(12)10-4-2-7(5-10)6-11;7-6-4-2-1-3-5-6;1-2/h6-7H,1-2,4-5H2;1-5H;2H,1H3. The number of halogens is 1. The zero-order valence-electron chi connectivity index (χ0n) is 11.9. The van der Waals surface area contributed by atoms with Gasteiger partial charge >= 0.3 is 0 Å². The van der Waals surface area contributed by atoms with Crippen molar-refractivity contribution in [2.45, 2.75) is 12.8 Å². The van der Waals surface area contributed by atoms with E-state index in [4.69, 9.17) is 10.4 Å². The fourth-order valence-corrected chi connectivity index (χ4v) is 1.72. The summed E-state index contributed by atoms with van der Waals surface area (Å²) in [5.41, 5.74) is 0. The van der Waals surface area contributed by atoms with Crippen LogP contribution >= 0.6 is 0 Å². The van der Waals surface area contributed by atoms with Gasteiger partial charge in [-0.3, -0.25) is 4.79 Å². The first-order valence-corrected chi connectivity index (χ1v) is 6.42. The van der Waals surface area contributed by atoms with E-state index in [-0.39, 0.29) is 24.1 Å². The van der Waals surface area contributed by atoms with Gasteiger partial charge in [0, 0.05) is 26.1 Å². The third-order valence-corrected chi connectivity index (χ3v) is 2.73. The van der Waals surface area contributed by atoms with Crippen molar-refractivity contribution >= 4 is 12.2 Å². The van der Waals surface area contributed by atoms with Crippen LogP contribution in [-0.4, -0.2) is 42.4 Å². The molecule has 1 aliphatic heterocycles. The lowest BCUT2D eigenvalue weighted by Crippen LogP contribution is -2.28. The molecule has 1 aromatic carbocycles. The van der Waals surface area contributed by atoms with Crippen LogP contribution in [0.15, 0.2) is 30.3 Å². The van der Waals surface area contributed by atoms with E-state index >= 15 is 0 Å². The Morgan fingerprint density at radius 1 is 1.48 bits per heavy atom. The molecule has 0 spiro atoms. The number of hydrogen-bond acceptors (Lipinski definition) is 4. The van der Waals surface area contributed by atoms with Crippen molar-refractivity contribution in [3.63, 3.8) is 0 Å². The molecule has 6 heteroatoms. The molecule has 0 aliphatic carbocycles. The Balaban J connectivity index is 0.000000377. The number of likely N-dealkylation sites (tertiary alicyclic amines) is 1. The Morgan fingerprint density at radius 2 is 2.10 bits per heavy atom. The smallest absolute Gasteiger partial charge is 0.236 e. The molecule has 21 heavy (non-hydrogen) atoms. The number of amides is 1. The Kier molecular flexibility index (Phi) is 10.3. The van der Waals surface area contributed by atoms with Crippen molar-refractivity contribution in [1.29, 1.82) is 5.26 Å². The molecule has 114 valence electrons. The fourth-order valence-electron chi connectivity index (χ4n) is 1.72. The Bertz CT molecular complexity index is 460. The number of nitrogens with zero attached hydrogens (tertiary/aromatic N) is 2. The van der Waals surface area contributed by atoms with Crippen LogP contribution in [-0.2, 0) is 9.59 Å². The summed E-state index contributed by atoms with van der Waals surface area (Å²) in [4.78, 5) is 23.0. The second kappa shape index (κ2) is 11.6. The molecule has 0 saturated carbocycles. The number of aldehydes is 1. The number of carbonyl (C=O) groups is 2. The van der Waals surface area contributed by atoms with Gasteiger partial charge in [0.15, 0.2) is 0 Å². The Labute approximate surface area is 123 Å². The molecule has 1 amide bonds. The van der Waals surface area contributed by atoms with Gasteiger partial charge in [-0.1, -0.05) is 18.2 Å². The Hall–Kier alpha value is -2.26. The predicted molar refractivity (Wildman–Crippen MR) is 75.5 cm³/mol. The van der Waals surface area contributed by atoms with E-state index in [0.717, 1.165) is 19.8 Å². The molecule has 0 radical (unpaired) electrons. The van der Waals surface area contributed by atoms with Gasteiger partial charge in [-0.2, -0.15) is 5.26 Å². The van der Waals surface area contributed by atoms with E-state index in [2.05, 4.69) is 0 Å². The minimum absolute atomic E-state index is 0.0207. The highest BCUT2D eigenvalue weighted by atomic mass is 19.1. The van der Waals surface area contributed by atoms with Crippen molar-refractivity contribution in [3.8, 4) is 6.07 Å². The number of rotatable bonds is 2. The maximum atomic E-state index is 11.9. The summed E-state index contributed by atoms with van der Waals surface area (Å²) in [6.45, 7) is 1.11. The number of aliphatic hydroxyl groups excluding tert-OH is 1. The van der Waals surface area contributed by atoms with Crippen molar-refractivity contribution in [2.24, 2.45) is 5.92 Å². The van der Waals surface area contributed by atoms with Crippen LogP contribution in [0.3, 0.4) is 0 Å². The average Bonchev–Trinajstić information content (AvgIpc) is 3.00. The summed E-state index contributed by atoms with van der Waals surface area (Å²) >= 11 is 0. The van der Waals surface area contributed by atoms with E-state index in [0.29, 0.717) is 13.1 Å². The third kappa shape index (κ3) is 7.80.